The molecule has 3 aromatic heterocycles. The number of rotatable bonds is 20. The molecule has 0 saturated carbocycles. The zero-order valence-electron chi connectivity index (χ0n) is 68.2. The summed E-state index contributed by atoms with van der Waals surface area (Å²) in [4.78, 5) is 20.4. The van der Waals surface area contributed by atoms with Crippen LogP contribution < -0.4 is 84.9 Å². The van der Waals surface area contributed by atoms with Crippen molar-refractivity contribution in [2.45, 2.75) is 0 Å². The summed E-state index contributed by atoms with van der Waals surface area (Å²) in [7, 11) is -9.96. The van der Waals surface area contributed by atoms with E-state index in [9.17, 15) is 0 Å². The van der Waals surface area contributed by atoms with Crippen molar-refractivity contribution in [3.63, 3.8) is 0 Å². The zero-order valence-corrected chi connectivity index (χ0v) is 71.8. The van der Waals surface area contributed by atoms with E-state index < -0.39 is 29.0 Å². The molecule has 0 fully saturated rings. The number of nitrogens with one attached hydrogen (secondary N) is 2. The maximum atomic E-state index is 6.01. The minimum Gasteiger partial charge on any atom is -0.354 e. The van der Waals surface area contributed by atoms with E-state index in [1.54, 1.807) is 0 Å². The highest BCUT2D eigenvalue weighted by atomic mass is 31.2. The van der Waals surface area contributed by atoms with Gasteiger partial charge in [-0.3, -0.25) is 0 Å². The molecular weight excluding hydrogens is 1570 g/mol. The van der Waals surface area contributed by atoms with E-state index in [4.69, 9.17) is 9.97 Å². The lowest BCUT2D eigenvalue weighted by atomic mass is 10.0. The molecule has 16 aromatic carbocycles. The van der Waals surface area contributed by atoms with Crippen molar-refractivity contribution in [3.05, 3.63) is 508 Å². The Morgan fingerprint density at radius 1 is 0.129 bits per heavy atom. The van der Waals surface area contributed by atoms with E-state index in [1.807, 2.05) is 0 Å². The smallest absolute Gasteiger partial charge is 0.144 e. The van der Waals surface area contributed by atoms with Gasteiger partial charge < -0.3 is 9.97 Å². The number of nitrogens with zero attached hydrogens (tertiary/aromatic N) is 2. The van der Waals surface area contributed by atoms with Crippen molar-refractivity contribution in [3.8, 4) is 44.5 Å². The minimum absolute atomic E-state index is 0.831. The number of benzene rings is 16. The summed E-state index contributed by atoms with van der Waals surface area (Å²) < 4.78 is 0. The van der Waals surface area contributed by atoms with Crippen molar-refractivity contribution in [2.75, 3.05) is 0 Å². The van der Waals surface area contributed by atoms with Crippen LogP contribution in [-0.2, 0) is 0 Å². The average Bonchev–Trinajstić information content (AvgIpc) is 0.944. The van der Waals surface area contributed by atoms with Gasteiger partial charge in [0.05, 0.1) is 22.8 Å². The van der Waals surface area contributed by atoms with Gasteiger partial charge >= 0.3 is 0 Å². The lowest BCUT2D eigenvalue weighted by Crippen LogP contribution is -2.38. The van der Waals surface area contributed by atoms with Crippen LogP contribution in [0.25, 0.3) is 90.9 Å². The van der Waals surface area contributed by atoms with E-state index in [-0.39, 0.29) is 0 Å². The van der Waals surface area contributed by atoms with Crippen LogP contribution in [0.1, 0.15) is 22.8 Å². The first-order chi connectivity index (χ1) is 61.5. The molecule has 2 aliphatic rings. The summed E-state index contributed by atoms with van der Waals surface area (Å²) in [5, 5.41) is 20.4. The largest absolute Gasteiger partial charge is 0.354 e. The van der Waals surface area contributed by atoms with Gasteiger partial charge in [0.1, 0.15) is 114 Å². The molecule has 19 aromatic rings. The molecule has 5 heterocycles. The van der Waals surface area contributed by atoms with Crippen LogP contribution in [-0.4, -0.2) is 19.9 Å². The Morgan fingerprint density at radius 3 is 0.379 bits per heavy atom. The Hall–Kier alpha value is -14.2. The van der Waals surface area contributed by atoms with Gasteiger partial charge in [-0.25, -0.2) is 9.97 Å². The fourth-order valence-electron chi connectivity index (χ4n) is 19.2. The summed E-state index contributed by atoms with van der Waals surface area (Å²) in [6.45, 7) is 0. The second-order valence-electron chi connectivity index (χ2n) is 31.4. The summed E-state index contributed by atoms with van der Waals surface area (Å²) in [5.74, 6) is 0. The molecule has 0 atom stereocenters. The molecule has 2 aliphatic heterocycles. The van der Waals surface area contributed by atoms with Gasteiger partial charge in [0.15, 0.2) is 0 Å². The molecule has 124 heavy (non-hydrogen) atoms. The van der Waals surface area contributed by atoms with Crippen molar-refractivity contribution >= 4 is 160 Å². The van der Waals surface area contributed by atoms with Crippen molar-refractivity contribution < 1.29 is 0 Å². The third-order valence-corrected chi connectivity index (χ3v) is 41.8. The minimum atomic E-state index is -2.49. The summed E-state index contributed by atoms with van der Waals surface area (Å²) >= 11 is 0. The van der Waals surface area contributed by atoms with Crippen LogP contribution in [0, 0.1) is 0 Å². The van der Waals surface area contributed by atoms with Crippen LogP contribution in [0.5, 0.6) is 0 Å². The Balaban J connectivity index is 0.838. The lowest BCUT2D eigenvalue weighted by Gasteiger charge is -2.27. The molecule has 8 heteroatoms. The summed E-state index contributed by atoms with van der Waals surface area (Å²) in [6, 6.07) is 181. The highest BCUT2D eigenvalue weighted by Crippen LogP contribution is 2.59. The molecule has 4 nitrogen and oxygen atoms in total. The van der Waals surface area contributed by atoms with E-state index in [1.165, 1.54) is 84.9 Å². The number of fused-ring (bicyclic) bond motifs is 8. The fourth-order valence-corrected chi connectivity index (χ4v) is 36.2. The standard InChI is InChI=1S/C116H86N4P4/c1-13-37-89(38-14-1)121(90-39-15-2-16-40-90,91-41-17-3-18-42-91)101-69-61-85(62-70-101)113-105-77-79-107(117-105)114(86-63-71-102(72-64-86)122(92-43-19-4-20-44-92,93-45-21-5-22-46-93)94-47-23-6-24-48-94)109-81-83-111(119-109)116(88-67-75-104(76-68-88)124(98-55-31-10-32-56-98,99-57-33-11-34-58-99)100-59-35-12-36-60-100)112-84-82-110(120-112)115(108-80-78-106(113)118-108)87-65-73-103(74-66-87)123(95-49-25-7-26-50-95,96-51-27-8-28-52-96)97-53-29-9-30-54-97/h1-84,117,120H/q+4. The van der Waals surface area contributed by atoms with Crippen LogP contribution in [0.15, 0.2) is 485 Å². The number of H-pyrrole nitrogens is 2. The van der Waals surface area contributed by atoms with Crippen LogP contribution in [0.3, 0.4) is 0 Å². The predicted molar refractivity (Wildman–Crippen MR) is 540 cm³/mol. The third kappa shape index (κ3) is 13.5. The van der Waals surface area contributed by atoms with Gasteiger partial charge in [-0.1, -0.05) is 267 Å². The molecule has 0 saturated heterocycles. The molecule has 2 N–H and O–H groups in total. The van der Waals surface area contributed by atoms with E-state index in [0.717, 1.165) is 89.4 Å². The lowest BCUT2D eigenvalue weighted by molar-refractivity contribution is 1.31. The quantitative estimate of drug-likeness (QED) is 0.0747. The topological polar surface area (TPSA) is 57.4 Å². The molecule has 0 aliphatic carbocycles. The number of aromatic amines is 2. The maximum Gasteiger partial charge on any atom is 0.144 e. The Morgan fingerprint density at radius 2 is 0.250 bits per heavy atom. The van der Waals surface area contributed by atoms with Crippen molar-refractivity contribution in [2.24, 2.45) is 0 Å². The average molecular weight is 1660 g/mol. The van der Waals surface area contributed by atoms with Gasteiger partial charge in [-0.05, 0) is 265 Å². The molecule has 0 radical (unpaired) electrons. The first-order valence-corrected chi connectivity index (χ1v) is 49.5. The summed E-state index contributed by atoms with van der Waals surface area (Å²) in [5.41, 5.74) is 15.0. The molecule has 8 bridgehead atoms. The SMILES string of the molecule is C1=Cc2nc1c(-c1ccc([P+](c3ccccc3)(c3ccccc3)c3ccccc3)cc1)c1ccc([nH]1)c(-c1ccc([P+](c3ccccc3)(c3ccccc3)c3ccccc3)cc1)c1nc(c(-c3ccc([P+](c4ccccc4)(c4ccccc4)c4ccccc4)cc3)c3ccc([nH]3)c2-c2ccc([P+](c3ccccc3)(c3ccccc3)c3ccccc3)cc2)C=C1. The van der Waals surface area contributed by atoms with Crippen LogP contribution in [0.2, 0.25) is 0 Å². The van der Waals surface area contributed by atoms with Crippen LogP contribution in [0.4, 0.5) is 0 Å². The van der Waals surface area contributed by atoms with Gasteiger partial charge in [-0.2, -0.15) is 0 Å². The number of hydrogen-bond acceptors (Lipinski definition) is 2. The Kier molecular flexibility index (Phi) is 21.0. The molecular formula is C116H86N4P4+4. The molecule has 0 unspecified atom stereocenters. The maximum absolute atomic E-state index is 6.01. The fraction of sp³-hybridized carbons (Fsp3) is 0. The Labute approximate surface area is 727 Å². The molecule has 0 spiro atoms. The third-order valence-electron chi connectivity index (χ3n) is 24.6. The highest BCUT2D eigenvalue weighted by molar-refractivity contribution is 8.03. The van der Waals surface area contributed by atoms with Crippen molar-refractivity contribution in [1.29, 1.82) is 0 Å². The van der Waals surface area contributed by atoms with E-state index in [2.05, 4.69) is 520 Å². The number of aromatic nitrogens is 4. The predicted octanol–water partition coefficient (Wildman–Crippen LogP) is 21.8. The molecule has 586 valence electrons. The van der Waals surface area contributed by atoms with Crippen molar-refractivity contribution in [1.82, 2.24) is 19.9 Å². The first-order valence-electron chi connectivity index (χ1n) is 42.3. The Bertz CT molecular complexity index is 5980. The zero-order chi connectivity index (χ0) is 82.7. The second kappa shape index (κ2) is 33.7. The monoisotopic (exact) mass is 1660 g/mol. The summed E-state index contributed by atoms with van der Waals surface area (Å²) in [6.07, 6.45) is 8.94. The number of hydrogen-bond donors (Lipinski definition) is 2. The second-order valence-corrected chi connectivity index (χ2v) is 45.0. The van der Waals surface area contributed by atoms with Gasteiger partial charge in [0, 0.05) is 44.3 Å². The van der Waals surface area contributed by atoms with Gasteiger partial charge in [-0.15, -0.1) is 0 Å². The molecule has 21 rings (SSSR count). The highest BCUT2D eigenvalue weighted by Gasteiger charge is 2.52. The van der Waals surface area contributed by atoms with Crippen LogP contribution >= 0.6 is 29.0 Å². The molecule has 0 amide bonds. The van der Waals surface area contributed by atoms with Gasteiger partial charge in [0.25, 0.3) is 0 Å². The normalized spacial score (nSPS) is 12.1. The van der Waals surface area contributed by atoms with E-state index >= 15 is 0 Å². The van der Waals surface area contributed by atoms with E-state index in [0.29, 0.717) is 0 Å². The first kappa shape index (κ1) is 77.2. The van der Waals surface area contributed by atoms with Gasteiger partial charge in [0.2, 0.25) is 0 Å².